The predicted molar refractivity (Wildman–Crippen MR) is 108 cm³/mol. The minimum Gasteiger partial charge on any atom is -0.478 e. The average Bonchev–Trinajstić information content (AvgIpc) is 2.71. The van der Waals surface area contributed by atoms with Crippen LogP contribution >= 0.6 is 0 Å². The number of aryl methyl sites for hydroxylation is 2. The number of aromatic nitrogens is 2. The molecule has 0 radical (unpaired) electrons. The Bertz CT molecular complexity index is 1010. The van der Waals surface area contributed by atoms with Crippen LogP contribution in [0.4, 0.5) is 13.2 Å². The van der Waals surface area contributed by atoms with Gasteiger partial charge in [-0.1, -0.05) is 37.6 Å². The highest BCUT2D eigenvalue weighted by Crippen LogP contribution is 2.36. The average molecular weight is 416 g/mol. The summed E-state index contributed by atoms with van der Waals surface area (Å²) in [5.74, 6) is -1.19. The smallest absolute Gasteiger partial charge is 0.416 e. The van der Waals surface area contributed by atoms with E-state index in [1.165, 1.54) is 19.1 Å². The van der Waals surface area contributed by atoms with Crippen LogP contribution in [-0.2, 0) is 17.4 Å². The molecule has 30 heavy (non-hydrogen) atoms. The van der Waals surface area contributed by atoms with E-state index in [0.717, 1.165) is 31.0 Å². The first-order valence-electron chi connectivity index (χ1n) is 9.86. The van der Waals surface area contributed by atoms with Gasteiger partial charge in [-0.05, 0) is 43.9 Å². The largest absolute Gasteiger partial charge is 0.478 e. The molecule has 1 aliphatic carbocycles. The van der Waals surface area contributed by atoms with Crippen molar-refractivity contribution < 1.29 is 23.1 Å². The Hall–Kier alpha value is -2.96. The summed E-state index contributed by atoms with van der Waals surface area (Å²) >= 11 is 0. The van der Waals surface area contributed by atoms with Crippen LogP contribution < -0.4 is 0 Å². The van der Waals surface area contributed by atoms with Crippen LogP contribution in [-0.4, -0.2) is 21.0 Å². The molecular weight excluding hydrogens is 393 g/mol. The maximum absolute atomic E-state index is 13.1. The first-order chi connectivity index (χ1) is 14.2. The third kappa shape index (κ3) is 4.78. The number of allylic oxidation sites excluding steroid dienone is 2. The number of carboxylic acids is 1. The van der Waals surface area contributed by atoms with Gasteiger partial charge in [0.1, 0.15) is 0 Å². The van der Waals surface area contributed by atoms with E-state index in [-0.39, 0.29) is 17.1 Å². The summed E-state index contributed by atoms with van der Waals surface area (Å²) in [5.41, 5.74) is 2.22. The van der Waals surface area contributed by atoms with E-state index in [1.54, 1.807) is 24.4 Å². The summed E-state index contributed by atoms with van der Waals surface area (Å²) in [6.45, 7) is 3.51. The van der Waals surface area contributed by atoms with Gasteiger partial charge in [-0.3, -0.25) is 9.97 Å². The van der Waals surface area contributed by atoms with Crippen molar-refractivity contribution in [2.45, 2.75) is 51.6 Å². The van der Waals surface area contributed by atoms with Gasteiger partial charge in [0.25, 0.3) is 0 Å². The molecule has 1 N–H and O–H groups in total. The van der Waals surface area contributed by atoms with Gasteiger partial charge in [-0.25, -0.2) is 4.79 Å². The first kappa shape index (κ1) is 21.7. The molecule has 0 bridgehead atoms. The molecule has 0 amide bonds. The van der Waals surface area contributed by atoms with Gasteiger partial charge < -0.3 is 5.11 Å². The highest BCUT2D eigenvalue weighted by Gasteiger charge is 2.32. The van der Waals surface area contributed by atoms with Gasteiger partial charge in [0, 0.05) is 17.7 Å². The number of carboxylic acid groups (broad SMARTS) is 1. The summed E-state index contributed by atoms with van der Waals surface area (Å²) in [7, 11) is 0. The molecule has 0 saturated carbocycles. The predicted octanol–water partition coefficient (Wildman–Crippen LogP) is 5.87. The van der Waals surface area contributed by atoms with Crippen molar-refractivity contribution in [1.82, 2.24) is 9.97 Å². The quantitative estimate of drug-likeness (QED) is 0.640. The van der Waals surface area contributed by atoms with Crippen LogP contribution in [0.2, 0.25) is 0 Å². The molecule has 3 rings (SSSR count). The Kier molecular flexibility index (Phi) is 6.39. The molecule has 1 aliphatic rings. The number of benzene rings is 1. The highest BCUT2D eigenvalue weighted by molar-refractivity contribution is 5.90. The Morgan fingerprint density at radius 3 is 2.63 bits per heavy atom. The standard InChI is InChI=1S/C23H23F3N2O2/c1-3-4-5-18-13-27-20(17-10-11-19(14(2)12-17)23(24,25)26)21(28-18)15-6-8-16(9-7-15)22(29)30/h6,8-13,15H,3-5,7H2,1-2H3,(H,29,30). The fourth-order valence-corrected chi connectivity index (χ4v) is 3.51. The van der Waals surface area contributed by atoms with Crippen molar-refractivity contribution in [3.05, 3.63) is 70.7 Å². The minimum atomic E-state index is -4.41. The van der Waals surface area contributed by atoms with Crippen molar-refractivity contribution in [3.63, 3.8) is 0 Å². The summed E-state index contributed by atoms with van der Waals surface area (Å²) < 4.78 is 39.4. The van der Waals surface area contributed by atoms with Crippen LogP contribution in [0.15, 0.2) is 48.2 Å². The van der Waals surface area contributed by atoms with Crippen LogP contribution in [0.25, 0.3) is 11.3 Å². The molecule has 7 heteroatoms. The first-order valence-corrected chi connectivity index (χ1v) is 9.86. The van der Waals surface area contributed by atoms with Gasteiger partial charge in [0.2, 0.25) is 0 Å². The number of aliphatic carboxylic acids is 1. The number of carbonyl (C=O) groups is 1. The second-order valence-corrected chi connectivity index (χ2v) is 7.39. The lowest BCUT2D eigenvalue weighted by atomic mass is 9.90. The molecule has 1 aromatic heterocycles. The topological polar surface area (TPSA) is 63.1 Å². The number of rotatable bonds is 6. The number of hydrogen-bond acceptors (Lipinski definition) is 3. The van der Waals surface area contributed by atoms with Gasteiger partial charge >= 0.3 is 12.1 Å². The van der Waals surface area contributed by atoms with Crippen molar-refractivity contribution in [2.75, 3.05) is 0 Å². The number of halogens is 3. The molecule has 2 aromatic rings. The summed E-state index contributed by atoms with van der Waals surface area (Å²) in [6, 6.07) is 3.97. The van der Waals surface area contributed by atoms with Crippen molar-refractivity contribution in [1.29, 1.82) is 0 Å². The van der Waals surface area contributed by atoms with E-state index in [4.69, 9.17) is 10.1 Å². The molecule has 1 aromatic carbocycles. The molecule has 1 atom stereocenters. The second kappa shape index (κ2) is 8.81. The molecule has 0 fully saturated rings. The van der Waals surface area contributed by atoms with E-state index in [9.17, 15) is 18.0 Å². The summed E-state index contributed by atoms with van der Waals surface area (Å²) in [5, 5.41) is 9.15. The molecular formula is C23H23F3N2O2. The number of alkyl halides is 3. The third-order valence-corrected chi connectivity index (χ3v) is 5.14. The summed E-state index contributed by atoms with van der Waals surface area (Å²) in [6.07, 6.45) is 5.37. The SMILES string of the molecule is CCCCc1cnc(-c2ccc(C(F)(F)F)c(C)c2)c(C2C=CC(C(=O)O)=CC2)n1. The molecule has 0 saturated heterocycles. The van der Waals surface area contributed by atoms with Crippen molar-refractivity contribution in [2.24, 2.45) is 0 Å². The Morgan fingerprint density at radius 1 is 1.30 bits per heavy atom. The monoisotopic (exact) mass is 416 g/mol. The van der Waals surface area contributed by atoms with Crippen LogP contribution in [0, 0.1) is 6.92 Å². The van der Waals surface area contributed by atoms with Gasteiger partial charge in [-0.2, -0.15) is 13.2 Å². The lowest BCUT2D eigenvalue weighted by Gasteiger charge is -2.19. The zero-order chi connectivity index (χ0) is 21.9. The summed E-state index contributed by atoms with van der Waals surface area (Å²) in [4.78, 5) is 20.5. The van der Waals surface area contributed by atoms with E-state index in [1.807, 2.05) is 0 Å². The molecule has 1 heterocycles. The fourth-order valence-electron chi connectivity index (χ4n) is 3.51. The van der Waals surface area contributed by atoms with Gasteiger partial charge in [0.05, 0.1) is 28.2 Å². The Labute approximate surface area is 173 Å². The van der Waals surface area contributed by atoms with E-state index in [2.05, 4.69) is 11.9 Å². The Morgan fingerprint density at radius 2 is 2.07 bits per heavy atom. The maximum atomic E-state index is 13.1. The lowest BCUT2D eigenvalue weighted by Crippen LogP contribution is -2.11. The lowest BCUT2D eigenvalue weighted by molar-refractivity contribution is -0.138. The number of unbranched alkanes of at least 4 members (excludes halogenated alkanes) is 1. The molecule has 0 aliphatic heterocycles. The van der Waals surface area contributed by atoms with Crippen molar-refractivity contribution in [3.8, 4) is 11.3 Å². The molecule has 1 unspecified atom stereocenters. The van der Waals surface area contributed by atoms with Gasteiger partial charge in [0.15, 0.2) is 0 Å². The third-order valence-electron chi connectivity index (χ3n) is 5.14. The highest BCUT2D eigenvalue weighted by atomic mass is 19.4. The Balaban J connectivity index is 2.03. The number of nitrogens with zero attached hydrogens (tertiary/aromatic N) is 2. The van der Waals surface area contributed by atoms with Crippen LogP contribution in [0.1, 0.15) is 54.6 Å². The normalized spacial score (nSPS) is 16.4. The zero-order valence-electron chi connectivity index (χ0n) is 16.8. The van der Waals surface area contributed by atoms with Crippen LogP contribution in [0.5, 0.6) is 0 Å². The van der Waals surface area contributed by atoms with Crippen molar-refractivity contribution >= 4 is 5.97 Å². The van der Waals surface area contributed by atoms with E-state index < -0.39 is 17.7 Å². The van der Waals surface area contributed by atoms with E-state index in [0.29, 0.717) is 23.4 Å². The van der Waals surface area contributed by atoms with Gasteiger partial charge in [-0.15, -0.1) is 0 Å². The maximum Gasteiger partial charge on any atom is 0.416 e. The molecule has 158 valence electrons. The number of hydrogen-bond donors (Lipinski definition) is 1. The second-order valence-electron chi connectivity index (χ2n) is 7.39. The molecule has 0 spiro atoms. The van der Waals surface area contributed by atoms with E-state index >= 15 is 0 Å². The fraction of sp³-hybridized carbons (Fsp3) is 0.348. The molecule has 4 nitrogen and oxygen atoms in total. The zero-order valence-corrected chi connectivity index (χ0v) is 16.8. The minimum absolute atomic E-state index is 0.120. The van der Waals surface area contributed by atoms with Crippen LogP contribution in [0.3, 0.4) is 0 Å².